The number of anilines is 1. The zero-order valence-electron chi connectivity index (χ0n) is 17.0. The Morgan fingerprint density at radius 2 is 1.39 bits per heavy atom. The summed E-state index contributed by atoms with van der Waals surface area (Å²) in [6.07, 6.45) is 0. The molecule has 1 amide bonds. The quantitative estimate of drug-likeness (QED) is 0.310. The molecule has 7 heteroatoms. The van der Waals surface area contributed by atoms with Gasteiger partial charge in [0.25, 0.3) is 0 Å². The fourth-order valence-corrected chi connectivity index (χ4v) is 3.21. The van der Waals surface area contributed by atoms with Gasteiger partial charge in [-0.1, -0.05) is 60.7 Å². The molecule has 0 unspecified atom stereocenters. The number of amides is 1. The standard InChI is InChI=1S/C24H23N3O3S/c1-2-30-23(29)19-13-15-20(16-14-19)25-24(31)27-26-22(28)21(17-9-5-3-6-10-17)18-11-7-4-8-12-18/h3-16,21H,2H2,1H3,(H,26,28)(H2,25,27,31). The van der Waals surface area contributed by atoms with Crippen LogP contribution in [0, 0.1) is 0 Å². The molecule has 0 bridgehead atoms. The molecule has 0 aliphatic heterocycles. The molecule has 3 rings (SSSR count). The lowest BCUT2D eigenvalue weighted by Gasteiger charge is -2.19. The van der Waals surface area contributed by atoms with Crippen LogP contribution in [0.25, 0.3) is 0 Å². The van der Waals surface area contributed by atoms with Crippen LogP contribution in [0.4, 0.5) is 5.69 Å². The number of hydrazine groups is 1. The van der Waals surface area contributed by atoms with Gasteiger partial charge in [-0.05, 0) is 54.5 Å². The van der Waals surface area contributed by atoms with Crippen molar-refractivity contribution < 1.29 is 14.3 Å². The average molecular weight is 434 g/mol. The van der Waals surface area contributed by atoms with Gasteiger partial charge in [0, 0.05) is 5.69 Å². The van der Waals surface area contributed by atoms with Crippen LogP contribution in [0.5, 0.6) is 0 Å². The highest BCUT2D eigenvalue weighted by Crippen LogP contribution is 2.24. The SMILES string of the molecule is CCOC(=O)c1ccc(NC(=S)NNC(=O)C(c2ccccc2)c2ccccc2)cc1. The molecule has 0 aliphatic rings. The van der Waals surface area contributed by atoms with Gasteiger partial charge in [-0.3, -0.25) is 15.6 Å². The first kappa shape index (κ1) is 22.0. The smallest absolute Gasteiger partial charge is 0.338 e. The van der Waals surface area contributed by atoms with Crippen LogP contribution in [0.2, 0.25) is 0 Å². The zero-order valence-corrected chi connectivity index (χ0v) is 17.8. The number of ether oxygens (including phenoxy) is 1. The highest BCUT2D eigenvalue weighted by molar-refractivity contribution is 7.80. The van der Waals surface area contributed by atoms with E-state index in [1.54, 1.807) is 31.2 Å². The van der Waals surface area contributed by atoms with E-state index in [4.69, 9.17) is 17.0 Å². The molecule has 0 saturated heterocycles. The topological polar surface area (TPSA) is 79.5 Å². The largest absolute Gasteiger partial charge is 0.462 e. The summed E-state index contributed by atoms with van der Waals surface area (Å²) < 4.78 is 4.96. The number of rotatable bonds is 6. The van der Waals surface area contributed by atoms with Crippen molar-refractivity contribution in [3.63, 3.8) is 0 Å². The highest BCUT2D eigenvalue weighted by Gasteiger charge is 2.22. The van der Waals surface area contributed by atoms with Crippen LogP contribution in [-0.4, -0.2) is 23.6 Å². The predicted octanol–water partition coefficient (Wildman–Crippen LogP) is 4.01. The number of benzene rings is 3. The Kier molecular flexibility index (Phi) is 7.73. The third-order valence-electron chi connectivity index (χ3n) is 4.48. The number of carbonyl (C=O) groups is 2. The summed E-state index contributed by atoms with van der Waals surface area (Å²) in [5, 5.41) is 3.19. The lowest BCUT2D eigenvalue weighted by Crippen LogP contribution is -2.45. The Morgan fingerprint density at radius 3 is 1.90 bits per heavy atom. The van der Waals surface area contributed by atoms with E-state index in [2.05, 4.69) is 16.2 Å². The van der Waals surface area contributed by atoms with Crippen molar-refractivity contribution in [2.24, 2.45) is 0 Å². The molecule has 0 aromatic heterocycles. The molecule has 0 saturated carbocycles. The molecule has 0 aliphatic carbocycles. The second-order valence-electron chi connectivity index (χ2n) is 6.62. The van der Waals surface area contributed by atoms with E-state index in [1.807, 2.05) is 60.7 Å². The van der Waals surface area contributed by atoms with Crippen molar-refractivity contribution in [3.05, 3.63) is 102 Å². The van der Waals surface area contributed by atoms with Crippen molar-refractivity contribution in [2.45, 2.75) is 12.8 Å². The van der Waals surface area contributed by atoms with Gasteiger partial charge < -0.3 is 10.1 Å². The van der Waals surface area contributed by atoms with Crippen LogP contribution in [0.15, 0.2) is 84.9 Å². The second-order valence-corrected chi connectivity index (χ2v) is 7.03. The van der Waals surface area contributed by atoms with E-state index in [0.29, 0.717) is 17.9 Å². The average Bonchev–Trinajstić information content (AvgIpc) is 2.80. The van der Waals surface area contributed by atoms with Crippen molar-refractivity contribution in [2.75, 3.05) is 11.9 Å². The Labute approximate surface area is 186 Å². The number of thiocarbonyl (C=S) groups is 1. The molecule has 3 aromatic carbocycles. The monoisotopic (exact) mass is 433 g/mol. The zero-order chi connectivity index (χ0) is 22.1. The Balaban J connectivity index is 1.62. The molecular formula is C24H23N3O3S. The van der Waals surface area contributed by atoms with E-state index in [1.165, 1.54) is 0 Å². The van der Waals surface area contributed by atoms with E-state index in [-0.39, 0.29) is 17.0 Å². The third kappa shape index (κ3) is 6.13. The first-order valence-electron chi connectivity index (χ1n) is 9.82. The van der Waals surface area contributed by atoms with E-state index in [0.717, 1.165) is 11.1 Å². The van der Waals surface area contributed by atoms with Gasteiger partial charge in [0.2, 0.25) is 5.91 Å². The summed E-state index contributed by atoms with van der Waals surface area (Å²) in [6.45, 7) is 2.08. The predicted molar refractivity (Wildman–Crippen MR) is 125 cm³/mol. The Hall–Kier alpha value is -3.71. The molecule has 0 atom stereocenters. The van der Waals surface area contributed by atoms with Gasteiger partial charge in [-0.2, -0.15) is 0 Å². The van der Waals surface area contributed by atoms with E-state index >= 15 is 0 Å². The normalized spacial score (nSPS) is 10.3. The van der Waals surface area contributed by atoms with Crippen LogP contribution < -0.4 is 16.2 Å². The fraction of sp³-hybridized carbons (Fsp3) is 0.125. The third-order valence-corrected chi connectivity index (χ3v) is 4.69. The number of esters is 1. The molecule has 0 radical (unpaired) electrons. The maximum Gasteiger partial charge on any atom is 0.338 e. The molecule has 158 valence electrons. The first-order chi connectivity index (χ1) is 15.1. The maximum atomic E-state index is 13.0. The summed E-state index contributed by atoms with van der Waals surface area (Å²) in [5.41, 5.74) is 8.29. The maximum absolute atomic E-state index is 13.0. The molecule has 0 heterocycles. The summed E-state index contributed by atoms with van der Waals surface area (Å²) in [5.74, 6) is -1.10. The first-order valence-corrected chi connectivity index (χ1v) is 10.2. The van der Waals surface area contributed by atoms with Gasteiger partial charge in [0.1, 0.15) is 0 Å². The van der Waals surface area contributed by atoms with E-state index in [9.17, 15) is 9.59 Å². The van der Waals surface area contributed by atoms with Crippen molar-refractivity contribution in [1.82, 2.24) is 10.9 Å². The van der Waals surface area contributed by atoms with Crippen LogP contribution in [-0.2, 0) is 9.53 Å². The Bertz CT molecular complexity index is 985. The summed E-state index contributed by atoms with van der Waals surface area (Å²) in [6, 6.07) is 25.8. The fourth-order valence-electron chi connectivity index (χ4n) is 3.04. The van der Waals surface area contributed by atoms with Gasteiger partial charge >= 0.3 is 5.97 Å². The van der Waals surface area contributed by atoms with Crippen molar-refractivity contribution >= 4 is 34.9 Å². The van der Waals surface area contributed by atoms with Crippen molar-refractivity contribution in [3.8, 4) is 0 Å². The molecule has 6 nitrogen and oxygen atoms in total. The van der Waals surface area contributed by atoms with Gasteiger partial charge in [0.15, 0.2) is 5.11 Å². The number of hydrogen-bond acceptors (Lipinski definition) is 4. The van der Waals surface area contributed by atoms with Crippen LogP contribution in [0.1, 0.15) is 34.3 Å². The summed E-state index contributed by atoms with van der Waals surface area (Å²) in [4.78, 5) is 24.7. The Morgan fingerprint density at radius 1 is 0.839 bits per heavy atom. The molecular weight excluding hydrogens is 410 g/mol. The van der Waals surface area contributed by atoms with E-state index < -0.39 is 5.92 Å². The van der Waals surface area contributed by atoms with Gasteiger partial charge in [-0.15, -0.1) is 0 Å². The lowest BCUT2D eigenvalue weighted by atomic mass is 9.91. The lowest BCUT2D eigenvalue weighted by molar-refractivity contribution is -0.122. The summed E-state index contributed by atoms with van der Waals surface area (Å²) >= 11 is 5.27. The molecule has 3 N–H and O–H groups in total. The minimum absolute atomic E-state index is 0.220. The molecule has 3 aromatic rings. The van der Waals surface area contributed by atoms with Crippen LogP contribution >= 0.6 is 12.2 Å². The van der Waals surface area contributed by atoms with Gasteiger partial charge in [0.05, 0.1) is 18.1 Å². The number of hydrogen-bond donors (Lipinski definition) is 3. The molecule has 0 spiro atoms. The minimum atomic E-state index is -0.485. The highest BCUT2D eigenvalue weighted by atomic mass is 32.1. The molecule has 0 fully saturated rings. The minimum Gasteiger partial charge on any atom is -0.462 e. The number of carbonyl (C=O) groups excluding carboxylic acids is 2. The summed E-state index contributed by atoms with van der Waals surface area (Å²) in [7, 11) is 0. The van der Waals surface area contributed by atoms with Crippen molar-refractivity contribution in [1.29, 1.82) is 0 Å². The molecule has 31 heavy (non-hydrogen) atoms. The second kappa shape index (κ2) is 10.9. The number of nitrogens with one attached hydrogen (secondary N) is 3. The van der Waals surface area contributed by atoms with Crippen LogP contribution in [0.3, 0.4) is 0 Å². The van der Waals surface area contributed by atoms with Gasteiger partial charge in [-0.25, -0.2) is 4.79 Å².